The van der Waals surface area contributed by atoms with E-state index in [4.69, 9.17) is 4.74 Å². The third-order valence-corrected chi connectivity index (χ3v) is 4.78. The second-order valence-electron chi connectivity index (χ2n) is 6.82. The molecule has 0 N–H and O–H groups in total. The van der Waals surface area contributed by atoms with Crippen molar-refractivity contribution in [2.45, 2.75) is 6.61 Å². The molecule has 3 aromatic carbocycles. The molecule has 0 bridgehead atoms. The van der Waals surface area contributed by atoms with E-state index in [0.717, 1.165) is 16.7 Å². The molecule has 144 valence electrons. The van der Waals surface area contributed by atoms with Gasteiger partial charge >= 0.3 is 0 Å². The molecule has 0 saturated heterocycles. The van der Waals surface area contributed by atoms with Crippen molar-refractivity contribution < 1.29 is 9.13 Å². The van der Waals surface area contributed by atoms with E-state index < -0.39 is 11.4 Å². The number of hydrogen-bond donors (Lipinski definition) is 0. The molecule has 29 heavy (non-hydrogen) atoms. The van der Waals surface area contributed by atoms with Crippen molar-refractivity contribution >= 4 is 0 Å². The van der Waals surface area contributed by atoms with Gasteiger partial charge < -0.3 is 9.30 Å². The average Bonchev–Trinajstić information content (AvgIpc) is 2.77. The molecule has 0 aliphatic carbocycles. The van der Waals surface area contributed by atoms with Gasteiger partial charge in [-0.15, -0.1) is 0 Å². The summed E-state index contributed by atoms with van der Waals surface area (Å²) in [6.07, 6.45) is 1.51. The average molecular weight is 385 g/mol. The fraction of sp³-hybridized carbons (Fsp3) is 0.0800. The summed E-state index contributed by atoms with van der Waals surface area (Å²) in [5.41, 5.74) is 3.40. The van der Waals surface area contributed by atoms with Crippen LogP contribution in [0.3, 0.4) is 0 Å². The van der Waals surface area contributed by atoms with E-state index in [1.165, 1.54) is 10.8 Å². The van der Waals surface area contributed by atoms with Crippen molar-refractivity contribution in [3.05, 3.63) is 113 Å². The van der Waals surface area contributed by atoms with Crippen LogP contribution in [0.1, 0.15) is 5.56 Å². The molecule has 0 aliphatic heterocycles. The molecule has 0 aliphatic rings. The first-order chi connectivity index (χ1) is 14.1. The highest BCUT2D eigenvalue weighted by Crippen LogP contribution is 2.30. The van der Waals surface area contributed by atoms with Gasteiger partial charge in [0.1, 0.15) is 6.61 Å². The van der Waals surface area contributed by atoms with E-state index in [2.05, 4.69) is 0 Å². The lowest BCUT2D eigenvalue weighted by molar-refractivity contribution is 0.284. The second-order valence-corrected chi connectivity index (χ2v) is 6.82. The SMILES string of the molecule is Cn1cc(-c2cccc(-c3ccccc3)c2)c(F)c(OCc2ccccc2)c1=O. The summed E-state index contributed by atoms with van der Waals surface area (Å²) < 4.78 is 22.3. The summed E-state index contributed by atoms with van der Waals surface area (Å²) in [5, 5.41) is 0. The van der Waals surface area contributed by atoms with Crippen molar-refractivity contribution in [3.8, 4) is 28.0 Å². The zero-order valence-corrected chi connectivity index (χ0v) is 16.0. The van der Waals surface area contributed by atoms with Gasteiger partial charge in [0.25, 0.3) is 5.56 Å². The minimum Gasteiger partial charge on any atom is -0.481 e. The Kier molecular flexibility index (Phi) is 5.25. The Morgan fingerprint density at radius 2 is 1.45 bits per heavy atom. The largest absolute Gasteiger partial charge is 0.481 e. The molecule has 0 unspecified atom stereocenters. The van der Waals surface area contributed by atoms with Gasteiger partial charge in [0.05, 0.1) is 0 Å². The first-order valence-electron chi connectivity index (χ1n) is 9.35. The van der Waals surface area contributed by atoms with Crippen LogP contribution in [0, 0.1) is 5.82 Å². The first kappa shape index (κ1) is 18.7. The zero-order chi connectivity index (χ0) is 20.2. The molecule has 0 atom stereocenters. The highest BCUT2D eigenvalue weighted by molar-refractivity contribution is 5.73. The van der Waals surface area contributed by atoms with E-state index in [1.807, 2.05) is 84.9 Å². The maximum Gasteiger partial charge on any atom is 0.295 e. The quantitative estimate of drug-likeness (QED) is 0.458. The van der Waals surface area contributed by atoms with Crippen LogP contribution in [0.2, 0.25) is 0 Å². The van der Waals surface area contributed by atoms with Gasteiger partial charge in [-0.25, -0.2) is 4.39 Å². The van der Waals surface area contributed by atoms with Gasteiger partial charge in [0.2, 0.25) is 5.75 Å². The van der Waals surface area contributed by atoms with Crippen molar-refractivity contribution in [1.29, 1.82) is 0 Å². The summed E-state index contributed by atoms with van der Waals surface area (Å²) in [6, 6.07) is 26.9. The molecule has 3 nitrogen and oxygen atoms in total. The number of nitrogens with zero attached hydrogens (tertiary/aromatic N) is 1. The molecular weight excluding hydrogens is 365 g/mol. The van der Waals surface area contributed by atoms with Crippen molar-refractivity contribution in [1.82, 2.24) is 4.57 Å². The Hall–Kier alpha value is -3.66. The summed E-state index contributed by atoms with van der Waals surface area (Å²) >= 11 is 0. The Balaban J connectivity index is 1.73. The topological polar surface area (TPSA) is 31.2 Å². The molecular formula is C25H20FNO2. The van der Waals surface area contributed by atoms with Crippen LogP contribution in [-0.4, -0.2) is 4.57 Å². The fourth-order valence-electron chi connectivity index (χ4n) is 3.24. The molecule has 4 rings (SSSR count). The Labute approximate surface area is 168 Å². The summed E-state index contributed by atoms with van der Waals surface area (Å²) in [4.78, 5) is 12.5. The number of hydrogen-bond acceptors (Lipinski definition) is 2. The van der Waals surface area contributed by atoms with Gasteiger partial charge in [0, 0.05) is 18.8 Å². The lowest BCUT2D eigenvalue weighted by atomic mass is 9.99. The second kappa shape index (κ2) is 8.15. The van der Waals surface area contributed by atoms with Crippen LogP contribution in [0.5, 0.6) is 5.75 Å². The molecule has 0 radical (unpaired) electrons. The number of pyridine rings is 1. The van der Waals surface area contributed by atoms with Crippen molar-refractivity contribution in [3.63, 3.8) is 0 Å². The fourth-order valence-corrected chi connectivity index (χ4v) is 3.24. The van der Waals surface area contributed by atoms with Crippen LogP contribution in [0.15, 0.2) is 95.9 Å². The summed E-state index contributed by atoms with van der Waals surface area (Å²) in [7, 11) is 1.60. The maximum absolute atomic E-state index is 15.3. The highest BCUT2D eigenvalue weighted by Gasteiger charge is 2.18. The molecule has 0 amide bonds. The van der Waals surface area contributed by atoms with Gasteiger partial charge in [-0.2, -0.15) is 0 Å². The van der Waals surface area contributed by atoms with E-state index in [1.54, 1.807) is 7.05 Å². The molecule has 4 heteroatoms. The Bertz CT molecular complexity index is 1180. The monoisotopic (exact) mass is 385 g/mol. The number of halogens is 1. The first-order valence-corrected chi connectivity index (χ1v) is 9.35. The lowest BCUT2D eigenvalue weighted by Crippen LogP contribution is -2.21. The van der Waals surface area contributed by atoms with Gasteiger partial charge in [-0.3, -0.25) is 4.79 Å². The van der Waals surface area contributed by atoms with Gasteiger partial charge in [0.15, 0.2) is 5.82 Å². The molecule has 0 spiro atoms. The van der Waals surface area contributed by atoms with Crippen LogP contribution in [-0.2, 0) is 13.7 Å². The number of ether oxygens (including phenoxy) is 1. The molecule has 1 aromatic heterocycles. The predicted octanol–water partition coefficient (Wildman–Crippen LogP) is 5.44. The van der Waals surface area contributed by atoms with E-state index in [-0.39, 0.29) is 12.4 Å². The third kappa shape index (κ3) is 3.97. The predicted molar refractivity (Wildman–Crippen MR) is 113 cm³/mol. The molecule has 0 saturated carbocycles. The van der Waals surface area contributed by atoms with Gasteiger partial charge in [-0.1, -0.05) is 78.9 Å². The molecule has 1 heterocycles. The molecule has 0 fully saturated rings. The smallest absolute Gasteiger partial charge is 0.295 e. The van der Waals surface area contributed by atoms with E-state index in [0.29, 0.717) is 11.1 Å². The lowest BCUT2D eigenvalue weighted by Gasteiger charge is -2.13. The minimum atomic E-state index is -0.644. The maximum atomic E-state index is 15.3. The van der Waals surface area contributed by atoms with E-state index >= 15 is 4.39 Å². The van der Waals surface area contributed by atoms with Crippen LogP contribution in [0.4, 0.5) is 4.39 Å². The van der Waals surface area contributed by atoms with Gasteiger partial charge in [-0.05, 0) is 28.3 Å². The summed E-state index contributed by atoms with van der Waals surface area (Å²) in [5.74, 6) is -0.909. The van der Waals surface area contributed by atoms with Crippen LogP contribution < -0.4 is 10.3 Å². The Morgan fingerprint density at radius 3 is 2.17 bits per heavy atom. The zero-order valence-electron chi connectivity index (χ0n) is 16.0. The standard InChI is InChI=1S/C25H20FNO2/c1-27-16-22(21-14-8-13-20(15-21)19-11-6-3-7-12-19)23(26)24(25(27)28)29-17-18-9-4-2-5-10-18/h2-16H,17H2,1H3. The Morgan fingerprint density at radius 1 is 0.828 bits per heavy atom. The highest BCUT2D eigenvalue weighted by atomic mass is 19.1. The van der Waals surface area contributed by atoms with Crippen LogP contribution >= 0.6 is 0 Å². The molecule has 4 aromatic rings. The normalized spacial score (nSPS) is 10.7. The third-order valence-electron chi connectivity index (χ3n) is 4.78. The summed E-state index contributed by atoms with van der Waals surface area (Å²) in [6.45, 7) is 0.126. The number of aromatic nitrogens is 1. The van der Waals surface area contributed by atoms with E-state index in [9.17, 15) is 4.79 Å². The van der Waals surface area contributed by atoms with Crippen molar-refractivity contribution in [2.24, 2.45) is 7.05 Å². The van der Waals surface area contributed by atoms with Crippen molar-refractivity contribution in [2.75, 3.05) is 0 Å². The number of rotatable bonds is 5. The van der Waals surface area contributed by atoms with Crippen LogP contribution in [0.25, 0.3) is 22.3 Å². The number of benzene rings is 3. The minimum absolute atomic E-state index is 0.126. The number of aryl methyl sites for hydroxylation is 1.